The van der Waals surface area contributed by atoms with Crippen LogP contribution in [0.4, 0.5) is 5.69 Å². The van der Waals surface area contributed by atoms with Crippen LogP contribution in [0.25, 0.3) is 11.1 Å². The van der Waals surface area contributed by atoms with Gasteiger partial charge in [0, 0.05) is 12.0 Å². The summed E-state index contributed by atoms with van der Waals surface area (Å²) in [5, 5.41) is 0. The van der Waals surface area contributed by atoms with E-state index in [0.717, 1.165) is 72.0 Å². The molecule has 0 N–H and O–H groups in total. The predicted molar refractivity (Wildman–Crippen MR) is 156 cm³/mol. The second-order valence-corrected chi connectivity index (χ2v) is 11.9. The molecular formula is C32H39NO5S. The summed E-state index contributed by atoms with van der Waals surface area (Å²) in [5.41, 5.74) is 5.76. The average molecular weight is 550 g/mol. The Hall–Kier alpha value is -3.32. The molecule has 4 rings (SSSR count). The lowest BCUT2D eigenvalue weighted by Gasteiger charge is -2.38. The molecule has 0 bridgehead atoms. The summed E-state index contributed by atoms with van der Waals surface area (Å²) in [7, 11) is -2.25. The van der Waals surface area contributed by atoms with Crippen LogP contribution in [0.2, 0.25) is 0 Å². The van der Waals surface area contributed by atoms with Crippen LogP contribution in [-0.2, 0) is 26.0 Å². The highest BCUT2D eigenvalue weighted by molar-refractivity contribution is 7.92. The monoisotopic (exact) mass is 549 g/mol. The van der Waals surface area contributed by atoms with Gasteiger partial charge in [0.05, 0.1) is 30.3 Å². The Morgan fingerprint density at radius 1 is 0.949 bits per heavy atom. The molecule has 7 heteroatoms. The molecule has 1 heterocycles. The molecule has 1 aliphatic rings. The Morgan fingerprint density at radius 3 is 2.44 bits per heavy atom. The zero-order chi connectivity index (χ0) is 28.0. The first-order valence-electron chi connectivity index (χ1n) is 13.9. The van der Waals surface area contributed by atoms with Gasteiger partial charge in [-0.3, -0.25) is 9.10 Å². The number of methoxy groups -OCH3 is 1. The number of ether oxygens (including phenoxy) is 2. The van der Waals surface area contributed by atoms with E-state index in [2.05, 4.69) is 12.1 Å². The minimum atomic E-state index is -3.84. The third-order valence-corrected chi connectivity index (χ3v) is 9.33. The Labute approximate surface area is 233 Å². The van der Waals surface area contributed by atoms with E-state index in [9.17, 15) is 13.2 Å². The van der Waals surface area contributed by atoms with Gasteiger partial charge in [0.15, 0.2) is 0 Å². The maximum atomic E-state index is 14.1. The number of hydrogen-bond acceptors (Lipinski definition) is 5. The number of aryl methyl sites for hydroxylation is 2. The van der Waals surface area contributed by atoms with Gasteiger partial charge in [-0.15, -0.1) is 0 Å². The van der Waals surface area contributed by atoms with Crippen LogP contribution in [0, 0.1) is 6.92 Å². The van der Waals surface area contributed by atoms with Crippen molar-refractivity contribution in [2.24, 2.45) is 0 Å². The van der Waals surface area contributed by atoms with Crippen molar-refractivity contribution in [2.75, 3.05) is 18.0 Å². The smallest absolute Gasteiger partial charge is 0.305 e. The maximum Gasteiger partial charge on any atom is 0.305 e. The molecule has 0 saturated carbocycles. The minimum absolute atomic E-state index is 0.120. The van der Waals surface area contributed by atoms with Crippen LogP contribution in [0.1, 0.15) is 75.1 Å². The summed E-state index contributed by atoms with van der Waals surface area (Å²) in [4.78, 5) is 11.8. The number of benzene rings is 3. The lowest BCUT2D eigenvalue weighted by molar-refractivity contribution is -0.143. The van der Waals surface area contributed by atoms with Crippen molar-refractivity contribution in [3.8, 4) is 16.9 Å². The molecule has 1 atom stereocenters. The first-order chi connectivity index (χ1) is 18.8. The second kappa shape index (κ2) is 12.7. The van der Waals surface area contributed by atoms with Gasteiger partial charge >= 0.3 is 5.97 Å². The number of nitrogens with zero attached hydrogens (tertiary/aromatic N) is 1. The first kappa shape index (κ1) is 28.7. The van der Waals surface area contributed by atoms with E-state index >= 15 is 0 Å². The molecule has 0 radical (unpaired) electrons. The summed E-state index contributed by atoms with van der Waals surface area (Å²) < 4.78 is 40.2. The van der Waals surface area contributed by atoms with Crippen molar-refractivity contribution in [2.45, 2.75) is 76.7 Å². The standard InChI is InChI=1S/C32H39NO5S/c1-5-38-31(34)19-10-8-6-7-9-14-25-15-13-18-29-32(25)28-17-12-11-16-27(28)24(3)33(29)39(35,36)26-20-21-30(37-4)23(2)22-26/h11-13,15-18,20-22,24H,5-10,14,19H2,1-4H3. The number of hydrogen-bond donors (Lipinski definition) is 0. The van der Waals surface area contributed by atoms with E-state index < -0.39 is 10.0 Å². The maximum absolute atomic E-state index is 14.1. The second-order valence-electron chi connectivity index (χ2n) is 10.1. The van der Waals surface area contributed by atoms with Gasteiger partial charge in [-0.2, -0.15) is 0 Å². The fourth-order valence-corrected chi connectivity index (χ4v) is 7.26. The summed E-state index contributed by atoms with van der Waals surface area (Å²) in [6, 6.07) is 18.8. The zero-order valence-electron chi connectivity index (χ0n) is 23.4. The van der Waals surface area contributed by atoms with Crippen LogP contribution in [0.15, 0.2) is 65.6 Å². The van der Waals surface area contributed by atoms with Gasteiger partial charge in [0.25, 0.3) is 10.0 Å². The largest absolute Gasteiger partial charge is 0.496 e. The van der Waals surface area contributed by atoms with Gasteiger partial charge in [-0.05, 0) is 86.6 Å². The summed E-state index contributed by atoms with van der Waals surface area (Å²) in [5.74, 6) is 0.542. The molecule has 0 fully saturated rings. The Balaban J connectivity index is 1.59. The first-order valence-corrected chi connectivity index (χ1v) is 15.3. The summed E-state index contributed by atoms with van der Waals surface area (Å²) in [6.07, 6.45) is 6.29. The van der Waals surface area contributed by atoms with Gasteiger partial charge in [-0.1, -0.05) is 55.7 Å². The normalized spacial score (nSPS) is 14.5. The molecule has 1 unspecified atom stereocenters. The fourth-order valence-electron chi connectivity index (χ4n) is 5.52. The average Bonchev–Trinajstić information content (AvgIpc) is 2.92. The van der Waals surface area contributed by atoms with Crippen molar-refractivity contribution < 1.29 is 22.7 Å². The Kier molecular flexibility index (Phi) is 9.33. The minimum Gasteiger partial charge on any atom is -0.496 e. The molecule has 0 aliphatic carbocycles. The van der Waals surface area contributed by atoms with E-state index in [1.54, 1.807) is 29.6 Å². The predicted octanol–water partition coefficient (Wildman–Crippen LogP) is 7.39. The molecule has 6 nitrogen and oxygen atoms in total. The fraction of sp³-hybridized carbons (Fsp3) is 0.406. The number of anilines is 1. The van der Waals surface area contributed by atoms with E-state index in [1.165, 1.54) is 0 Å². The van der Waals surface area contributed by atoms with Crippen molar-refractivity contribution in [3.63, 3.8) is 0 Å². The van der Waals surface area contributed by atoms with Crippen molar-refractivity contribution in [1.29, 1.82) is 0 Å². The highest BCUT2D eigenvalue weighted by Crippen LogP contribution is 2.48. The summed E-state index contributed by atoms with van der Waals surface area (Å²) >= 11 is 0. The highest BCUT2D eigenvalue weighted by atomic mass is 32.2. The van der Waals surface area contributed by atoms with Crippen LogP contribution < -0.4 is 9.04 Å². The number of sulfonamides is 1. The topological polar surface area (TPSA) is 72.9 Å². The number of fused-ring (bicyclic) bond motifs is 3. The molecule has 0 saturated heterocycles. The Morgan fingerprint density at radius 2 is 1.69 bits per heavy atom. The van der Waals surface area contributed by atoms with Crippen LogP contribution in [0.3, 0.4) is 0 Å². The molecule has 0 spiro atoms. The van der Waals surface area contributed by atoms with Gasteiger partial charge in [-0.25, -0.2) is 8.42 Å². The van der Waals surface area contributed by atoms with Gasteiger partial charge in [0.2, 0.25) is 0 Å². The van der Waals surface area contributed by atoms with E-state index in [4.69, 9.17) is 9.47 Å². The molecule has 39 heavy (non-hydrogen) atoms. The number of esters is 1. The van der Waals surface area contributed by atoms with Crippen LogP contribution in [-0.4, -0.2) is 28.1 Å². The van der Waals surface area contributed by atoms with Gasteiger partial charge < -0.3 is 9.47 Å². The third-order valence-electron chi connectivity index (χ3n) is 7.45. The van der Waals surface area contributed by atoms with Crippen LogP contribution >= 0.6 is 0 Å². The zero-order valence-corrected chi connectivity index (χ0v) is 24.2. The summed E-state index contributed by atoms with van der Waals surface area (Å²) in [6.45, 7) is 6.07. The molecule has 3 aromatic carbocycles. The number of carbonyl (C=O) groups excluding carboxylic acids is 1. The van der Waals surface area contributed by atoms with E-state index in [-0.39, 0.29) is 16.9 Å². The lowest BCUT2D eigenvalue weighted by atomic mass is 9.86. The highest BCUT2D eigenvalue weighted by Gasteiger charge is 2.37. The van der Waals surface area contributed by atoms with Crippen molar-refractivity contribution in [1.82, 2.24) is 0 Å². The number of rotatable bonds is 12. The lowest BCUT2D eigenvalue weighted by Crippen LogP contribution is -2.36. The molecule has 208 valence electrons. The van der Waals surface area contributed by atoms with Crippen LogP contribution in [0.5, 0.6) is 5.75 Å². The van der Waals surface area contributed by atoms with Gasteiger partial charge in [0.1, 0.15) is 5.75 Å². The number of unbranched alkanes of at least 4 members (excludes halogenated alkanes) is 4. The van der Waals surface area contributed by atoms with Crippen molar-refractivity contribution >= 4 is 21.7 Å². The third kappa shape index (κ3) is 6.14. The SMILES string of the molecule is CCOC(=O)CCCCCCCc1cccc2c1-c1ccccc1C(C)N2S(=O)(=O)c1ccc(OC)c(C)c1. The molecule has 0 amide bonds. The molecular weight excluding hydrogens is 510 g/mol. The molecule has 1 aliphatic heterocycles. The molecule has 3 aromatic rings. The van der Waals surface area contributed by atoms with E-state index in [1.807, 2.05) is 51.1 Å². The quantitative estimate of drug-likeness (QED) is 0.174. The number of carbonyl (C=O) groups is 1. The Bertz CT molecular complexity index is 1420. The van der Waals surface area contributed by atoms with E-state index in [0.29, 0.717) is 18.8 Å². The van der Waals surface area contributed by atoms with Crippen molar-refractivity contribution in [3.05, 3.63) is 77.4 Å². The molecule has 0 aromatic heterocycles.